The van der Waals surface area contributed by atoms with Gasteiger partial charge in [0.25, 0.3) is 11.8 Å². The van der Waals surface area contributed by atoms with Crippen LogP contribution in [0, 0.1) is 0 Å². The van der Waals surface area contributed by atoms with Gasteiger partial charge in [-0.1, -0.05) is 0 Å². The molecule has 1 amide bonds. The summed E-state index contributed by atoms with van der Waals surface area (Å²) in [4.78, 5) is 19.1. The maximum Gasteiger partial charge on any atom is 0.275 e. The van der Waals surface area contributed by atoms with Crippen molar-refractivity contribution >= 4 is 5.91 Å². The SMILES string of the molecule is COC[C@@H]1CC(F)(F)CN1C1CN(C(=O)c2cocn2)C1. The number of likely N-dealkylation sites (tertiary alicyclic amines) is 2. The fourth-order valence-electron chi connectivity index (χ4n) is 3.01. The van der Waals surface area contributed by atoms with Crippen LogP contribution in [-0.2, 0) is 4.74 Å². The van der Waals surface area contributed by atoms with Gasteiger partial charge in [-0.25, -0.2) is 13.8 Å². The minimum absolute atomic E-state index is 0.0469. The molecule has 0 aromatic carbocycles. The van der Waals surface area contributed by atoms with Gasteiger partial charge in [0.15, 0.2) is 12.1 Å². The minimum atomic E-state index is -2.68. The molecule has 0 N–H and O–H groups in total. The molecule has 8 heteroatoms. The van der Waals surface area contributed by atoms with Gasteiger partial charge in [0.05, 0.1) is 13.2 Å². The number of alkyl halides is 2. The van der Waals surface area contributed by atoms with E-state index in [4.69, 9.17) is 9.15 Å². The number of halogens is 2. The van der Waals surface area contributed by atoms with Crippen LogP contribution in [0.4, 0.5) is 8.78 Å². The summed E-state index contributed by atoms with van der Waals surface area (Å²) in [6, 6.07) is -0.339. The molecular weight excluding hydrogens is 284 g/mol. The van der Waals surface area contributed by atoms with Crippen molar-refractivity contribution in [1.82, 2.24) is 14.8 Å². The van der Waals surface area contributed by atoms with Crippen molar-refractivity contribution in [3.63, 3.8) is 0 Å². The Hall–Kier alpha value is -1.54. The number of amides is 1. The number of carbonyl (C=O) groups is 1. The molecule has 6 nitrogen and oxygen atoms in total. The summed E-state index contributed by atoms with van der Waals surface area (Å²) in [7, 11) is 1.51. The Morgan fingerprint density at radius 1 is 1.57 bits per heavy atom. The first-order valence-electron chi connectivity index (χ1n) is 6.80. The second kappa shape index (κ2) is 5.34. The number of hydrogen-bond acceptors (Lipinski definition) is 5. The van der Waals surface area contributed by atoms with E-state index in [9.17, 15) is 13.6 Å². The van der Waals surface area contributed by atoms with E-state index in [1.165, 1.54) is 19.8 Å². The molecule has 2 aliphatic rings. The molecule has 2 aliphatic heterocycles. The molecule has 116 valence electrons. The van der Waals surface area contributed by atoms with Gasteiger partial charge < -0.3 is 14.1 Å². The number of aromatic nitrogens is 1. The molecule has 0 saturated carbocycles. The van der Waals surface area contributed by atoms with Crippen LogP contribution >= 0.6 is 0 Å². The zero-order chi connectivity index (χ0) is 15.0. The van der Waals surface area contributed by atoms with E-state index in [-0.39, 0.29) is 43.3 Å². The molecule has 2 fully saturated rings. The van der Waals surface area contributed by atoms with E-state index in [0.29, 0.717) is 13.1 Å². The molecule has 0 unspecified atom stereocenters. The van der Waals surface area contributed by atoms with E-state index >= 15 is 0 Å². The molecule has 1 aromatic heterocycles. The molecule has 2 saturated heterocycles. The Bertz CT molecular complexity index is 503. The standard InChI is InChI=1S/C13H17F2N3O3/c1-20-5-9-2-13(14,15)7-18(9)10-3-17(4-10)12(19)11-6-21-8-16-11/h6,8-10H,2-5,7H2,1H3/t9-/m0/s1. The first-order valence-corrected chi connectivity index (χ1v) is 6.80. The van der Waals surface area contributed by atoms with E-state index in [1.807, 2.05) is 0 Å². The van der Waals surface area contributed by atoms with Crippen molar-refractivity contribution in [2.75, 3.05) is 33.4 Å². The van der Waals surface area contributed by atoms with E-state index in [2.05, 4.69) is 4.98 Å². The first-order chi connectivity index (χ1) is 10.00. The van der Waals surface area contributed by atoms with Crippen molar-refractivity contribution < 1.29 is 22.7 Å². The number of carbonyl (C=O) groups excluding carboxylic acids is 1. The number of methoxy groups -OCH3 is 1. The molecular formula is C13H17F2N3O3. The van der Waals surface area contributed by atoms with E-state index in [1.54, 1.807) is 9.80 Å². The van der Waals surface area contributed by atoms with E-state index < -0.39 is 5.92 Å². The highest BCUT2D eigenvalue weighted by Crippen LogP contribution is 2.35. The number of rotatable bonds is 4. The maximum absolute atomic E-state index is 13.6. The largest absolute Gasteiger partial charge is 0.451 e. The summed E-state index contributed by atoms with van der Waals surface area (Å²) < 4.78 is 36.9. The molecule has 0 spiro atoms. The predicted molar refractivity (Wildman–Crippen MR) is 68.1 cm³/mol. The third-order valence-electron chi connectivity index (χ3n) is 4.05. The lowest BCUT2D eigenvalue weighted by Crippen LogP contribution is -2.62. The van der Waals surface area contributed by atoms with Crippen LogP contribution in [0.15, 0.2) is 17.1 Å². The summed E-state index contributed by atoms with van der Waals surface area (Å²) in [5.74, 6) is -2.91. The van der Waals surface area contributed by atoms with Crippen molar-refractivity contribution in [2.24, 2.45) is 0 Å². The fourth-order valence-corrected chi connectivity index (χ4v) is 3.01. The smallest absolute Gasteiger partial charge is 0.275 e. The zero-order valence-corrected chi connectivity index (χ0v) is 11.7. The molecule has 0 radical (unpaired) electrons. The highest BCUT2D eigenvalue weighted by Gasteiger charge is 2.50. The Balaban J connectivity index is 1.59. The molecule has 0 aliphatic carbocycles. The topological polar surface area (TPSA) is 58.8 Å². The normalized spacial score (nSPS) is 26.0. The Morgan fingerprint density at radius 2 is 2.33 bits per heavy atom. The zero-order valence-electron chi connectivity index (χ0n) is 11.7. The number of hydrogen-bond donors (Lipinski definition) is 0. The lowest BCUT2D eigenvalue weighted by atomic mass is 10.1. The molecule has 0 bridgehead atoms. The van der Waals surface area contributed by atoms with Crippen LogP contribution in [0.3, 0.4) is 0 Å². The number of nitrogens with zero attached hydrogens (tertiary/aromatic N) is 3. The van der Waals surface area contributed by atoms with Gasteiger partial charge >= 0.3 is 0 Å². The lowest BCUT2D eigenvalue weighted by Gasteiger charge is -2.45. The monoisotopic (exact) mass is 301 g/mol. The van der Waals surface area contributed by atoms with Gasteiger partial charge in [-0.3, -0.25) is 9.69 Å². The average Bonchev–Trinajstić information content (AvgIpc) is 2.96. The third kappa shape index (κ3) is 2.77. The third-order valence-corrected chi connectivity index (χ3v) is 4.05. The van der Waals surface area contributed by atoms with Crippen molar-refractivity contribution in [3.05, 3.63) is 18.4 Å². The van der Waals surface area contributed by atoms with Crippen LogP contribution in [0.2, 0.25) is 0 Å². The summed E-state index contributed by atoms with van der Waals surface area (Å²) in [6.07, 6.45) is 2.29. The van der Waals surface area contributed by atoms with Crippen molar-refractivity contribution in [3.8, 4) is 0 Å². The molecule has 3 heterocycles. The van der Waals surface area contributed by atoms with Gasteiger partial charge in [0.2, 0.25) is 0 Å². The molecule has 3 rings (SSSR count). The van der Waals surface area contributed by atoms with E-state index in [0.717, 1.165) is 0 Å². The second-order valence-electron chi connectivity index (χ2n) is 5.58. The Morgan fingerprint density at radius 3 is 2.95 bits per heavy atom. The summed E-state index contributed by atoms with van der Waals surface area (Å²) >= 11 is 0. The van der Waals surface area contributed by atoms with Crippen molar-refractivity contribution in [1.29, 1.82) is 0 Å². The van der Waals surface area contributed by atoms with Crippen LogP contribution in [0.25, 0.3) is 0 Å². The molecule has 21 heavy (non-hydrogen) atoms. The van der Waals surface area contributed by atoms with Crippen molar-refractivity contribution in [2.45, 2.75) is 24.4 Å². The Labute approximate surface area is 120 Å². The van der Waals surface area contributed by atoms with Gasteiger partial charge in [-0.15, -0.1) is 0 Å². The van der Waals surface area contributed by atoms with Crippen LogP contribution < -0.4 is 0 Å². The average molecular weight is 301 g/mol. The summed E-state index contributed by atoms with van der Waals surface area (Å²) in [5, 5.41) is 0. The van der Waals surface area contributed by atoms with Gasteiger partial charge in [-0.05, 0) is 0 Å². The van der Waals surface area contributed by atoms with Crippen LogP contribution in [0.1, 0.15) is 16.9 Å². The van der Waals surface area contributed by atoms with Gasteiger partial charge in [-0.2, -0.15) is 0 Å². The lowest BCUT2D eigenvalue weighted by molar-refractivity contribution is -0.0137. The molecule has 1 atom stereocenters. The first kappa shape index (κ1) is 14.4. The quantitative estimate of drug-likeness (QED) is 0.825. The highest BCUT2D eigenvalue weighted by molar-refractivity contribution is 5.92. The fraction of sp³-hybridized carbons (Fsp3) is 0.692. The van der Waals surface area contributed by atoms with Crippen LogP contribution in [-0.4, -0.2) is 72.0 Å². The maximum atomic E-state index is 13.6. The minimum Gasteiger partial charge on any atom is -0.451 e. The van der Waals surface area contributed by atoms with Gasteiger partial charge in [0.1, 0.15) is 6.26 Å². The van der Waals surface area contributed by atoms with Gasteiger partial charge in [0, 0.05) is 38.7 Å². The second-order valence-corrected chi connectivity index (χ2v) is 5.58. The Kier molecular flexibility index (Phi) is 3.66. The number of oxazole rings is 1. The predicted octanol–water partition coefficient (Wildman–Crippen LogP) is 0.855. The highest BCUT2D eigenvalue weighted by atomic mass is 19.3. The summed E-state index contributed by atoms with van der Waals surface area (Å²) in [5.41, 5.74) is 0.244. The number of ether oxygens (including phenoxy) is 1. The summed E-state index contributed by atoms with van der Waals surface area (Å²) in [6.45, 7) is 0.880. The van der Waals surface area contributed by atoms with Crippen LogP contribution in [0.5, 0.6) is 0 Å². The molecule has 1 aromatic rings.